The third kappa shape index (κ3) is 2.87. The summed E-state index contributed by atoms with van der Waals surface area (Å²) in [4.78, 5) is 19.1. The van der Waals surface area contributed by atoms with Gasteiger partial charge in [-0.1, -0.05) is 6.42 Å². The molecule has 1 aromatic rings. The maximum Gasteiger partial charge on any atom is 0.293 e. The fraction of sp³-hybridized carbons (Fsp3) is 0.733. The summed E-state index contributed by atoms with van der Waals surface area (Å²) < 4.78 is 1.74. The van der Waals surface area contributed by atoms with Crippen LogP contribution in [0.2, 0.25) is 0 Å². The average molecular weight is 276 g/mol. The summed E-state index contributed by atoms with van der Waals surface area (Å²) in [5.74, 6) is 0.643. The Labute approximate surface area is 120 Å². The van der Waals surface area contributed by atoms with Crippen LogP contribution in [0.3, 0.4) is 0 Å². The third-order valence-electron chi connectivity index (χ3n) is 4.33. The zero-order valence-corrected chi connectivity index (χ0v) is 12.2. The first-order valence-electron chi connectivity index (χ1n) is 7.85. The van der Waals surface area contributed by atoms with Gasteiger partial charge in [-0.25, -0.2) is 4.98 Å². The van der Waals surface area contributed by atoms with Crippen LogP contribution in [-0.4, -0.2) is 34.7 Å². The molecule has 1 N–H and O–H groups in total. The Kier molecular flexibility index (Phi) is 4.05. The first-order chi connectivity index (χ1) is 9.79. The van der Waals surface area contributed by atoms with Gasteiger partial charge in [0, 0.05) is 37.6 Å². The summed E-state index contributed by atoms with van der Waals surface area (Å²) in [5.41, 5.74) is 0.0534. The molecule has 3 rings (SSSR count). The van der Waals surface area contributed by atoms with Crippen molar-refractivity contribution in [1.29, 1.82) is 0 Å². The Bertz CT molecular complexity index is 503. The van der Waals surface area contributed by atoms with E-state index in [1.807, 2.05) is 6.92 Å². The van der Waals surface area contributed by atoms with Crippen LogP contribution in [0.25, 0.3) is 0 Å². The topological polar surface area (TPSA) is 50.2 Å². The lowest BCUT2D eigenvalue weighted by atomic mass is 10.0. The highest BCUT2D eigenvalue weighted by molar-refractivity contribution is 5.39. The van der Waals surface area contributed by atoms with E-state index in [1.54, 1.807) is 17.0 Å². The highest BCUT2D eigenvalue weighted by Gasteiger charge is 2.33. The summed E-state index contributed by atoms with van der Waals surface area (Å²) in [6.45, 7) is 4.72. The number of piperidine rings is 1. The Morgan fingerprint density at radius 3 is 2.90 bits per heavy atom. The van der Waals surface area contributed by atoms with Crippen LogP contribution >= 0.6 is 0 Å². The van der Waals surface area contributed by atoms with Crippen LogP contribution in [0.5, 0.6) is 0 Å². The zero-order valence-electron chi connectivity index (χ0n) is 12.2. The molecule has 1 unspecified atom stereocenters. The number of aromatic nitrogens is 2. The molecular formula is C15H24N4O. The first-order valence-corrected chi connectivity index (χ1v) is 7.85. The molecule has 0 aromatic carbocycles. The van der Waals surface area contributed by atoms with Gasteiger partial charge in [0.05, 0.1) is 0 Å². The van der Waals surface area contributed by atoms with Crippen LogP contribution in [0.4, 0.5) is 5.82 Å². The molecule has 110 valence electrons. The molecular weight excluding hydrogens is 252 g/mol. The molecule has 2 fully saturated rings. The van der Waals surface area contributed by atoms with Crippen molar-refractivity contribution in [3.8, 4) is 0 Å². The zero-order chi connectivity index (χ0) is 13.9. The summed E-state index contributed by atoms with van der Waals surface area (Å²) >= 11 is 0. The van der Waals surface area contributed by atoms with Crippen LogP contribution in [-0.2, 0) is 6.54 Å². The lowest BCUT2D eigenvalue weighted by Gasteiger charge is -2.31. The smallest absolute Gasteiger partial charge is 0.293 e. The van der Waals surface area contributed by atoms with Gasteiger partial charge >= 0.3 is 0 Å². The van der Waals surface area contributed by atoms with Crippen molar-refractivity contribution in [3.63, 3.8) is 0 Å². The lowest BCUT2D eigenvalue weighted by molar-refractivity contribution is 0.397. The minimum Gasteiger partial charge on any atom is -0.347 e. The van der Waals surface area contributed by atoms with Gasteiger partial charge in [0.2, 0.25) is 0 Å². The monoisotopic (exact) mass is 276 g/mol. The summed E-state index contributed by atoms with van der Waals surface area (Å²) in [6, 6.07) is 1.02. The minimum atomic E-state index is 0.0534. The molecule has 2 heterocycles. The van der Waals surface area contributed by atoms with Crippen LogP contribution in [0, 0.1) is 0 Å². The fourth-order valence-corrected chi connectivity index (χ4v) is 2.99. The molecule has 0 spiro atoms. The highest BCUT2D eigenvalue weighted by Crippen LogP contribution is 2.29. The summed E-state index contributed by atoms with van der Waals surface area (Å²) in [5, 5.41) is 3.57. The maximum absolute atomic E-state index is 12.5. The lowest BCUT2D eigenvalue weighted by Crippen LogP contribution is -2.46. The number of nitrogens with one attached hydrogen (secondary N) is 1. The number of nitrogens with zero attached hydrogens (tertiary/aromatic N) is 3. The van der Waals surface area contributed by atoms with Gasteiger partial charge in [0.25, 0.3) is 5.56 Å². The average Bonchev–Trinajstić information content (AvgIpc) is 3.31. The molecule has 1 saturated heterocycles. The Morgan fingerprint density at radius 1 is 1.40 bits per heavy atom. The van der Waals surface area contributed by atoms with E-state index >= 15 is 0 Å². The predicted molar refractivity (Wildman–Crippen MR) is 80.2 cm³/mol. The van der Waals surface area contributed by atoms with Gasteiger partial charge in [0.1, 0.15) is 0 Å². The minimum absolute atomic E-state index is 0.0534. The van der Waals surface area contributed by atoms with Crippen LogP contribution < -0.4 is 15.8 Å². The maximum atomic E-state index is 12.5. The second kappa shape index (κ2) is 5.95. The molecule has 0 amide bonds. The van der Waals surface area contributed by atoms with Gasteiger partial charge in [-0.2, -0.15) is 0 Å². The molecule has 0 bridgehead atoms. The van der Waals surface area contributed by atoms with Gasteiger partial charge < -0.3 is 14.8 Å². The van der Waals surface area contributed by atoms with Gasteiger partial charge in [-0.05, 0) is 39.2 Å². The second-order valence-electron chi connectivity index (χ2n) is 5.87. The van der Waals surface area contributed by atoms with Crippen molar-refractivity contribution in [2.45, 2.75) is 57.7 Å². The van der Waals surface area contributed by atoms with E-state index < -0.39 is 0 Å². The molecule has 20 heavy (non-hydrogen) atoms. The standard InChI is InChI=1S/C15H24N4O/c1-2-18-10-9-17-14(15(18)20)19(13-6-7-13)11-12-5-3-4-8-16-12/h9-10,12-13,16H,2-8,11H2,1H3. The van der Waals surface area contributed by atoms with E-state index in [9.17, 15) is 4.79 Å². The highest BCUT2D eigenvalue weighted by atomic mass is 16.1. The Morgan fingerprint density at radius 2 is 2.25 bits per heavy atom. The molecule has 1 saturated carbocycles. The predicted octanol–water partition coefficient (Wildman–Crippen LogP) is 1.37. The number of hydrogen-bond donors (Lipinski definition) is 1. The second-order valence-corrected chi connectivity index (χ2v) is 5.87. The molecule has 1 aliphatic heterocycles. The number of aryl methyl sites for hydroxylation is 1. The van der Waals surface area contributed by atoms with Crippen molar-refractivity contribution < 1.29 is 0 Å². The Hall–Kier alpha value is -1.36. The quantitative estimate of drug-likeness (QED) is 0.882. The molecule has 5 nitrogen and oxygen atoms in total. The number of hydrogen-bond acceptors (Lipinski definition) is 4. The summed E-state index contributed by atoms with van der Waals surface area (Å²) in [6.07, 6.45) is 9.67. The largest absolute Gasteiger partial charge is 0.347 e. The first kappa shape index (κ1) is 13.6. The fourth-order valence-electron chi connectivity index (χ4n) is 2.99. The van der Waals surface area contributed by atoms with Crippen molar-refractivity contribution >= 4 is 5.82 Å². The van der Waals surface area contributed by atoms with E-state index in [0.29, 0.717) is 24.4 Å². The normalized spacial score (nSPS) is 22.8. The Balaban J connectivity index is 1.81. The number of anilines is 1. The van der Waals surface area contributed by atoms with Crippen molar-refractivity contribution in [1.82, 2.24) is 14.9 Å². The SMILES string of the molecule is CCn1ccnc(N(CC2CCCCN2)C2CC2)c1=O. The van der Waals surface area contributed by atoms with Gasteiger partial charge in [0.15, 0.2) is 5.82 Å². The molecule has 0 radical (unpaired) electrons. The van der Waals surface area contributed by atoms with Gasteiger partial charge in [-0.15, -0.1) is 0 Å². The summed E-state index contributed by atoms with van der Waals surface area (Å²) in [7, 11) is 0. The van der Waals surface area contributed by atoms with E-state index in [1.165, 1.54) is 32.1 Å². The van der Waals surface area contributed by atoms with Crippen molar-refractivity contribution in [2.24, 2.45) is 0 Å². The third-order valence-corrected chi connectivity index (χ3v) is 4.33. The molecule has 5 heteroatoms. The molecule has 2 aliphatic rings. The van der Waals surface area contributed by atoms with E-state index in [2.05, 4.69) is 15.2 Å². The molecule has 1 aromatic heterocycles. The van der Waals surface area contributed by atoms with E-state index in [-0.39, 0.29) is 5.56 Å². The van der Waals surface area contributed by atoms with Gasteiger partial charge in [-0.3, -0.25) is 4.79 Å². The van der Waals surface area contributed by atoms with Crippen molar-refractivity contribution in [2.75, 3.05) is 18.0 Å². The molecule has 1 aliphatic carbocycles. The van der Waals surface area contributed by atoms with E-state index in [4.69, 9.17) is 0 Å². The molecule has 1 atom stereocenters. The van der Waals surface area contributed by atoms with Crippen LogP contribution in [0.15, 0.2) is 17.2 Å². The van der Waals surface area contributed by atoms with E-state index in [0.717, 1.165) is 13.1 Å². The van der Waals surface area contributed by atoms with Crippen LogP contribution in [0.1, 0.15) is 39.0 Å². The van der Waals surface area contributed by atoms with Crippen molar-refractivity contribution in [3.05, 3.63) is 22.7 Å². The number of rotatable bonds is 5.